The van der Waals surface area contributed by atoms with Crippen LogP contribution in [0.3, 0.4) is 0 Å². The van der Waals surface area contributed by atoms with Gasteiger partial charge in [0, 0.05) is 6.54 Å². The van der Waals surface area contributed by atoms with Crippen molar-refractivity contribution < 1.29 is 9.66 Å². The van der Waals surface area contributed by atoms with E-state index in [9.17, 15) is 10.1 Å². The Morgan fingerprint density at radius 2 is 2.00 bits per heavy atom. The third-order valence-corrected chi connectivity index (χ3v) is 2.80. The first-order valence-electron chi connectivity index (χ1n) is 7.06. The molecule has 1 rings (SSSR count). The van der Waals surface area contributed by atoms with Crippen LogP contribution in [-0.4, -0.2) is 28.0 Å². The van der Waals surface area contributed by atoms with Crippen LogP contribution in [0.25, 0.3) is 0 Å². The molecule has 112 valence electrons. The minimum Gasteiger partial charge on any atom is -0.473 e. The Morgan fingerprint density at radius 3 is 2.65 bits per heavy atom. The van der Waals surface area contributed by atoms with Crippen molar-refractivity contribution in [2.45, 2.75) is 46.0 Å². The summed E-state index contributed by atoms with van der Waals surface area (Å²) in [4.78, 5) is 18.3. The van der Waals surface area contributed by atoms with Gasteiger partial charge in [0.25, 0.3) is 5.88 Å². The lowest BCUT2D eigenvalue weighted by Gasteiger charge is -2.08. The molecule has 0 aliphatic rings. The van der Waals surface area contributed by atoms with Crippen molar-refractivity contribution in [1.29, 1.82) is 0 Å². The van der Waals surface area contributed by atoms with Crippen LogP contribution in [0.1, 0.15) is 46.0 Å². The molecule has 0 aromatic carbocycles. The first-order valence-corrected chi connectivity index (χ1v) is 7.06. The van der Waals surface area contributed by atoms with Gasteiger partial charge in [0.2, 0.25) is 5.82 Å². The summed E-state index contributed by atoms with van der Waals surface area (Å²) < 4.78 is 5.43. The van der Waals surface area contributed by atoms with Gasteiger partial charge >= 0.3 is 5.69 Å². The summed E-state index contributed by atoms with van der Waals surface area (Å²) in [6.45, 7) is 4.99. The minimum absolute atomic E-state index is 0.0384. The maximum Gasteiger partial charge on any atom is 0.372 e. The fourth-order valence-electron chi connectivity index (χ4n) is 1.80. The number of hydrogen-bond donors (Lipinski definition) is 1. The average Bonchev–Trinajstić information content (AvgIpc) is 2.43. The number of aromatic nitrogens is 2. The molecule has 7 heteroatoms. The zero-order chi connectivity index (χ0) is 14.8. The van der Waals surface area contributed by atoms with E-state index in [1.807, 2.05) is 6.92 Å². The molecular formula is C13H22N4O3. The van der Waals surface area contributed by atoms with Crippen LogP contribution >= 0.6 is 0 Å². The van der Waals surface area contributed by atoms with Gasteiger partial charge in [-0.25, -0.2) is 4.98 Å². The van der Waals surface area contributed by atoms with Gasteiger partial charge in [0.1, 0.15) is 6.33 Å². The normalized spacial score (nSPS) is 10.3. The number of hydrogen-bond acceptors (Lipinski definition) is 6. The Bertz CT molecular complexity index is 426. The molecule has 0 saturated carbocycles. The molecule has 0 atom stereocenters. The maximum atomic E-state index is 11.1. The Labute approximate surface area is 118 Å². The quantitative estimate of drug-likeness (QED) is 0.402. The summed E-state index contributed by atoms with van der Waals surface area (Å²) in [7, 11) is 0. The van der Waals surface area contributed by atoms with Gasteiger partial charge in [0.15, 0.2) is 0 Å². The molecule has 1 aromatic heterocycles. The van der Waals surface area contributed by atoms with Crippen molar-refractivity contribution in [2.24, 2.45) is 0 Å². The second-order valence-electron chi connectivity index (χ2n) is 4.43. The Kier molecular flexibility index (Phi) is 7.31. The Hall–Kier alpha value is -1.92. The molecule has 0 amide bonds. The zero-order valence-electron chi connectivity index (χ0n) is 12.1. The smallest absolute Gasteiger partial charge is 0.372 e. The molecule has 7 nitrogen and oxygen atoms in total. The highest BCUT2D eigenvalue weighted by Crippen LogP contribution is 2.30. The molecule has 0 aliphatic carbocycles. The number of nitrogens with zero attached hydrogens (tertiary/aromatic N) is 3. The van der Waals surface area contributed by atoms with E-state index in [2.05, 4.69) is 22.2 Å². The van der Waals surface area contributed by atoms with E-state index < -0.39 is 4.92 Å². The van der Waals surface area contributed by atoms with E-state index in [-0.39, 0.29) is 17.4 Å². The van der Waals surface area contributed by atoms with E-state index in [0.29, 0.717) is 13.2 Å². The average molecular weight is 282 g/mol. The summed E-state index contributed by atoms with van der Waals surface area (Å²) >= 11 is 0. The predicted octanol–water partition coefficient (Wildman–Crippen LogP) is 3.17. The predicted molar refractivity (Wildman–Crippen MR) is 77.1 cm³/mol. The number of anilines is 1. The molecule has 0 radical (unpaired) electrons. The van der Waals surface area contributed by atoms with E-state index >= 15 is 0 Å². The molecule has 0 saturated heterocycles. The summed E-state index contributed by atoms with van der Waals surface area (Å²) in [6, 6.07) is 0. The molecular weight excluding hydrogens is 260 g/mol. The number of nitrogens with one attached hydrogen (secondary N) is 1. The lowest BCUT2D eigenvalue weighted by molar-refractivity contribution is -0.385. The largest absolute Gasteiger partial charge is 0.473 e. The summed E-state index contributed by atoms with van der Waals surface area (Å²) in [5.74, 6) is 0.241. The van der Waals surface area contributed by atoms with Crippen molar-refractivity contribution >= 4 is 11.5 Å². The number of nitro groups is 1. The maximum absolute atomic E-state index is 11.1. The fourth-order valence-corrected chi connectivity index (χ4v) is 1.80. The van der Waals surface area contributed by atoms with E-state index in [0.717, 1.165) is 19.3 Å². The van der Waals surface area contributed by atoms with Crippen LogP contribution < -0.4 is 10.1 Å². The molecule has 20 heavy (non-hydrogen) atoms. The second kappa shape index (κ2) is 9.06. The van der Waals surface area contributed by atoms with Crippen LogP contribution in [0.4, 0.5) is 11.5 Å². The number of unbranched alkanes of at least 4 members (excludes halogenated alkanes) is 4. The molecule has 0 bridgehead atoms. The van der Waals surface area contributed by atoms with Crippen LogP contribution in [0.5, 0.6) is 5.88 Å². The van der Waals surface area contributed by atoms with Crippen LogP contribution in [0.15, 0.2) is 6.33 Å². The van der Waals surface area contributed by atoms with Gasteiger partial charge in [-0.15, -0.1) is 0 Å². The highest BCUT2D eigenvalue weighted by atomic mass is 16.6. The minimum atomic E-state index is -0.510. The summed E-state index contributed by atoms with van der Waals surface area (Å²) in [5.41, 5.74) is -0.192. The van der Waals surface area contributed by atoms with Gasteiger partial charge in [-0.05, 0) is 13.3 Å². The van der Waals surface area contributed by atoms with Gasteiger partial charge < -0.3 is 10.1 Å². The van der Waals surface area contributed by atoms with Crippen LogP contribution in [0, 0.1) is 10.1 Å². The van der Waals surface area contributed by atoms with Crippen molar-refractivity contribution in [3.05, 3.63) is 16.4 Å². The van der Waals surface area contributed by atoms with Crippen LogP contribution in [-0.2, 0) is 0 Å². The molecule has 1 aromatic rings. The third-order valence-electron chi connectivity index (χ3n) is 2.80. The van der Waals surface area contributed by atoms with Gasteiger partial charge in [0.05, 0.1) is 11.5 Å². The van der Waals surface area contributed by atoms with E-state index in [4.69, 9.17) is 4.74 Å². The first kappa shape index (κ1) is 16.1. The molecule has 0 unspecified atom stereocenters. The monoisotopic (exact) mass is 282 g/mol. The van der Waals surface area contributed by atoms with E-state index in [1.54, 1.807) is 0 Å². The second-order valence-corrected chi connectivity index (χ2v) is 4.43. The highest BCUT2D eigenvalue weighted by Gasteiger charge is 2.23. The van der Waals surface area contributed by atoms with Crippen molar-refractivity contribution in [1.82, 2.24) is 9.97 Å². The van der Waals surface area contributed by atoms with Crippen molar-refractivity contribution in [2.75, 3.05) is 18.5 Å². The van der Waals surface area contributed by atoms with Crippen LogP contribution in [0.2, 0.25) is 0 Å². The first-order chi connectivity index (χ1) is 9.70. The van der Waals surface area contributed by atoms with Gasteiger partial charge in [-0.1, -0.05) is 32.6 Å². The highest BCUT2D eigenvalue weighted by molar-refractivity contribution is 5.60. The van der Waals surface area contributed by atoms with Gasteiger partial charge in [-0.2, -0.15) is 4.98 Å². The summed E-state index contributed by atoms with van der Waals surface area (Å²) in [6.07, 6.45) is 6.76. The number of ether oxygens (including phenoxy) is 1. The summed E-state index contributed by atoms with van der Waals surface area (Å²) in [5, 5.41) is 13.9. The molecule has 0 fully saturated rings. The standard InChI is InChI=1S/C13H22N4O3/c1-3-5-6-7-8-9-20-13-11(17(18)19)12(14-4-2)15-10-16-13/h10H,3-9H2,1-2H3,(H,14,15,16). The van der Waals surface area contributed by atoms with E-state index in [1.165, 1.54) is 19.2 Å². The SMILES string of the molecule is CCCCCCCOc1ncnc(NCC)c1[N+](=O)[O-]. The Morgan fingerprint density at radius 1 is 1.25 bits per heavy atom. The fraction of sp³-hybridized carbons (Fsp3) is 0.692. The van der Waals surface area contributed by atoms with Crippen molar-refractivity contribution in [3.8, 4) is 5.88 Å². The topological polar surface area (TPSA) is 90.2 Å². The zero-order valence-corrected chi connectivity index (χ0v) is 12.1. The molecule has 1 N–H and O–H groups in total. The number of rotatable bonds is 10. The third kappa shape index (κ3) is 4.99. The molecule has 0 aliphatic heterocycles. The Balaban J connectivity index is 2.60. The lowest BCUT2D eigenvalue weighted by atomic mass is 10.2. The molecule has 0 spiro atoms. The van der Waals surface area contributed by atoms with Crippen molar-refractivity contribution in [3.63, 3.8) is 0 Å². The van der Waals surface area contributed by atoms with Gasteiger partial charge in [-0.3, -0.25) is 10.1 Å². The molecule has 1 heterocycles. The lowest BCUT2D eigenvalue weighted by Crippen LogP contribution is -2.08.